The zero-order valence-corrected chi connectivity index (χ0v) is 26.9. The monoisotopic (exact) mass is 642 g/mol. The third-order valence-corrected chi connectivity index (χ3v) is 9.71. The van der Waals surface area contributed by atoms with Gasteiger partial charge in [-0.2, -0.15) is 0 Å². The zero-order chi connectivity index (χ0) is 37.4. The highest BCUT2D eigenvalue weighted by Crippen LogP contribution is 2.46. The molecule has 0 atom stereocenters. The molecular formula is C48H31NO. The maximum atomic E-state index is 8.60. The number of furan rings is 1. The lowest BCUT2D eigenvalue weighted by molar-refractivity contribution is 0.672. The molecule has 50 heavy (non-hydrogen) atoms. The SMILES string of the molecule is [2H]c1c([2H])c([2H])c(-c2ccc(N(c3ccc(-c4cc5ccccc5c5ccccc45)cc3)c3cc4ccccc4c4oc5ccccc5c34)cc2)c([2H])c1[2H]. The van der Waals surface area contributed by atoms with Crippen LogP contribution in [0.5, 0.6) is 0 Å². The molecule has 2 nitrogen and oxygen atoms in total. The highest BCUT2D eigenvalue weighted by molar-refractivity contribution is 6.22. The number of hydrogen-bond acceptors (Lipinski definition) is 2. The van der Waals surface area contributed by atoms with Gasteiger partial charge in [-0.1, -0.05) is 145 Å². The van der Waals surface area contributed by atoms with Crippen LogP contribution in [0.4, 0.5) is 17.1 Å². The van der Waals surface area contributed by atoms with Crippen LogP contribution in [0.2, 0.25) is 0 Å². The number of anilines is 3. The molecule has 0 fully saturated rings. The predicted octanol–water partition coefficient (Wildman–Crippen LogP) is 13.8. The van der Waals surface area contributed by atoms with Crippen LogP contribution in [0.3, 0.4) is 0 Å². The Hall–Kier alpha value is -6.64. The molecule has 2 heteroatoms. The van der Waals surface area contributed by atoms with E-state index in [0.717, 1.165) is 60.9 Å². The molecule has 0 radical (unpaired) electrons. The molecule has 10 rings (SSSR count). The number of hydrogen-bond donors (Lipinski definition) is 0. The fourth-order valence-electron chi connectivity index (χ4n) is 7.40. The lowest BCUT2D eigenvalue weighted by atomic mass is 9.93. The molecule has 0 saturated carbocycles. The van der Waals surface area contributed by atoms with Gasteiger partial charge in [0.05, 0.1) is 17.9 Å². The van der Waals surface area contributed by atoms with Crippen LogP contribution in [0, 0.1) is 0 Å². The average molecular weight is 643 g/mol. The summed E-state index contributed by atoms with van der Waals surface area (Å²) in [5.41, 5.74) is 7.25. The second kappa shape index (κ2) is 11.5. The Labute approximate surface area is 297 Å². The van der Waals surface area contributed by atoms with Gasteiger partial charge in [-0.25, -0.2) is 0 Å². The number of fused-ring (bicyclic) bond motifs is 8. The third kappa shape index (κ3) is 4.57. The fraction of sp³-hybridized carbons (Fsp3) is 0. The van der Waals surface area contributed by atoms with Crippen molar-refractivity contribution in [2.45, 2.75) is 0 Å². The van der Waals surface area contributed by atoms with Gasteiger partial charge < -0.3 is 9.32 Å². The fourth-order valence-corrected chi connectivity index (χ4v) is 7.40. The van der Waals surface area contributed by atoms with Gasteiger partial charge in [0.15, 0.2) is 0 Å². The summed E-state index contributed by atoms with van der Waals surface area (Å²) in [5, 5.41) is 8.85. The van der Waals surface area contributed by atoms with E-state index in [1.54, 1.807) is 0 Å². The molecular weight excluding hydrogens is 607 g/mol. The number of rotatable bonds is 5. The van der Waals surface area contributed by atoms with Crippen molar-refractivity contribution in [1.29, 1.82) is 0 Å². The van der Waals surface area contributed by atoms with Crippen molar-refractivity contribution in [2.24, 2.45) is 0 Å². The third-order valence-electron chi connectivity index (χ3n) is 9.71. The first-order valence-corrected chi connectivity index (χ1v) is 16.7. The first-order chi connectivity index (χ1) is 26.9. The molecule has 234 valence electrons. The summed E-state index contributed by atoms with van der Waals surface area (Å²) in [4.78, 5) is 2.21. The van der Waals surface area contributed by atoms with Crippen LogP contribution in [-0.2, 0) is 0 Å². The minimum absolute atomic E-state index is 0.171. The smallest absolute Gasteiger partial charge is 0.145 e. The Morgan fingerprint density at radius 3 is 1.72 bits per heavy atom. The molecule has 0 aliphatic rings. The molecule has 0 aliphatic carbocycles. The zero-order valence-electron chi connectivity index (χ0n) is 31.9. The molecule has 0 unspecified atom stereocenters. The van der Waals surface area contributed by atoms with Crippen molar-refractivity contribution in [3.05, 3.63) is 188 Å². The van der Waals surface area contributed by atoms with Crippen LogP contribution in [0.25, 0.3) is 76.5 Å². The number of benzene rings is 9. The van der Waals surface area contributed by atoms with Crippen molar-refractivity contribution < 1.29 is 11.3 Å². The lowest BCUT2D eigenvalue weighted by Gasteiger charge is -2.27. The van der Waals surface area contributed by atoms with E-state index in [9.17, 15) is 0 Å². The maximum Gasteiger partial charge on any atom is 0.145 e. The average Bonchev–Trinajstić information content (AvgIpc) is 3.63. The van der Waals surface area contributed by atoms with Crippen LogP contribution in [0.15, 0.2) is 192 Å². The van der Waals surface area contributed by atoms with E-state index < -0.39 is 6.04 Å². The summed E-state index contributed by atoms with van der Waals surface area (Å²) in [6.45, 7) is 0. The minimum atomic E-state index is -0.408. The van der Waals surface area contributed by atoms with Gasteiger partial charge in [0.1, 0.15) is 11.2 Å². The molecule has 1 heterocycles. The van der Waals surface area contributed by atoms with E-state index >= 15 is 0 Å². The van der Waals surface area contributed by atoms with Crippen LogP contribution < -0.4 is 4.90 Å². The molecule has 1 aromatic heterocycles. The summed E-state index contributed by atoms with van der Waals surface area (Å²) in [7, 11) is 0. The molecule has 0 saturated heterocycles. The van der Waals surface area contributed by atoms with Gasteiger partial charge in [0.2, 0.25) is 0 Å². The Morgan fingerprint density at radius 2 is 1.00 bits per heavy atom. The maximum absolute atomic E-state index is 8.60. The van der Waals surface area contributed by atoms with Crippen molar-refractivity contribution in [3.63, 3.8) is 0 Å². The Balaban J connectivity index is 1.19. The highest BCUT2D eigenvalue weighted by Gasteiger charge is 2.22. The summed E-state index contributed by atoms with van der Waals surface area (Å²) >= 11 is 0. The van der Waals surface area contributed by atoms with Gasteiger partial charge in [-0.05, 0) is 91.6 Å². The normalized spacial score (nSPS) is 13.0. The molecule has 0 amide bonds. The molecule has 10 aromatic rings. The van der Waals surface area contributed by atoms with Crippen LogP contribution >= 0.6 is 0 Å². The predicted molar refractivity (Wildman–Crippen MR) is 212 cm³/mol. The first-order valence-electron chi connectivity index (χ1n) is 19.2. The summed E-state index contributed by atoms with van der Waals surface area (Å²) < 4.78 is 48.4. The number of nitrogens with zero attached hydrogens (tertiary/aromatic N) is 1. The summed E-state index contributed by atoms with van der Waals surface area (Å²) in [6.07, 6.45) is 0. The second-order valence-corrected chi connectivity index (χ2v) is 12.5. The Morgan fingerprint density at radius 1 is 0.440 bits per heavy atom. The van der Waals surface area contributed by atoms with Gasteiger partial charge in [-0.3, -0.25) is 0 Å². The molecule has 9 aromatic carbocycles. The second-order valence-electron chi connectivity index (χ2n) is 12.5. The Kier molecular flexibility index (Phi) is 5.44. The molecule has 0 spiro atoms. The van der Waals surface area contributed by atoms with Gasteiger partial charge >= 0.3 is 0 Å². The first kappa shape index (κ1) is 23.6. The van der Waals surface area contributed by atoms with Crippen molar-refractivity contribution in [1.82, 2.24) is 0 Å². The minimum Gasteiger partial charge on any atom is -0.455 e. The summed E-state index contributed by atoms with van der Waals surface area (Å²) in [5.74, 6) is 0. The summed E-state index contributed by atoms with van der Waals surface area (Å²) in [6, 6.07) is 52.5. The largest absolute Gasteiger partial charge is 0.455 e. The highest BCUT2D eigenvalue weighted by atomic mass is 16.3. The van der Waals surface area contributed by atoms with E-state index in [4.69, 9.17) is 11.3 Å². The van der Waals surface area contributed by atoms with Crippen LogP contribution in [-0.4, -0.2) is 0 Å². The van der Waals surface area contributed by atoms with E-state index in [1.807, 2.05) is 54.6 Å². The standard InChI is InChI=1S/C48H31NO/c1-2-12-32(13-3-1)33-22-26-37(27-23-33)49(45-31-36-15-5-7-17-40(36)48-47(45)43-20-10-11-21-46(43)50-48)38-28-24-34(25-29-38)44-30-35-14-4-6-16-39(35)41-18-8-9-19-42(41)44/h1-31H/i1D,2D,3D,12D,13D. The van der Waals surface area contributed by atoms with Gasteiger partial charge in [0.25, 0.3) is 0 Å². The molecule has 0 aliphatic heterocycles. The van der Waals surface area contributed by atoms with Crippen molar-refractivity contribution in [2.75, 3.05) is 4.90 Å². The quantitative estimate of drug-likeness (QED) is 0.174. The van der Waals surface area contributed by atoms with Gasteiger partial charge in [0, 0.05) is 22.1 Å². The van der Waals surface area contributed by atoms with E-state index in [0.29, 0.717) is 5.56 Å². The van der Waals surface area contributed by atoms with E-state index in [-0.39, 0.29) is 29.7 Å². The van der Waals surface area contributed by atoms with E-state index in [1.165, 1.54) is 21.5 Å². The van der Waals surface area contributed by atoms with Crippen molar-refractivity contribution in [3.8, 4) is 22.3 Å². The topological polar surface area (TPSA) is 16.4 Å². The van der Waals surface area contributed by atoms with Crippen molar-refractivity contribution >= 4 is 71.3 Å². The lowest BCUT2D eigenvalue weighted by Crippen LogP contribution is -2.10. The number of para-hydroxylation sites is 1. The van der Waals surface area contributed by atoms with Gasteiger partial charge in [-0.15, -0.1) is 0 Å². The molecule has 0 N–H and O–H groups in total. The Bertz CT molecular complexity index is 3120. The van der Waals surface area contributed by atoms with E-state index in [2.05, 4.69) is 108 Å². The van der Waals surface area contributed by atoms with Crippen LogP contribution in [0.1, 0.15) is 6.85 Å². The molecule has 0 bridgehead atoms.